The number of amides is 1. The lowest BCUT2D eigenvalue weighted by molar-refractivity contribution is -0.131. The van der Waals surface area contributed by atoms with Crippen molar-refractivity contribution in [2.24, 2.45) is 0 Å². The Balaban J connectivity index is 1.78. The number of anilines is 1. The van der Waals surface area contributed by atoms with E-state index in [1.807, 2.05) is 24.1 Å². The summed E-state index contributed by atoms with van der Waals surface area (Å²) in [7, 11) is 0. The van der Waals surface area contributed by atoms with E-state index in [2.05, 4.69) is 26.2 Å². The largest absolute Gasteiger partial charge is 0.369 e. The van der Waals surface area contributed by atoms with Crippen LogP contribution in [-0.4, -0.2) is 35.4 Å². The number of pyridine rings is 1. The van der Waals surface area contributed by atoms with Crippen LogP contribution in [0, 0.1) is 6.92 Å². The Morgan fingerprint density at radius 3 is 2.84 bits per heavy atom. The van der Waals surface area contributed by atoms with Gasteiger partial charge in [-0.3, -0.25) is 4.79 Å². The van der Waals surface area contributed by atoms with Crippen LogP contribution in [-0.2, 0) is 4.79 Å². The number of nitrogens with zero attached hydrogens (tertiary/aromatic N) is 2. The fraction of sp³-hybridized carbons (Fsp3) is 0.571. The van der Waals surface area contributed by atoms with Crippen LogP contribution < -0.4 is 5.32 Å². The van der Waals surface area contributed by atoms with E-state index < -0.39 is 0 Å². The quantitative estimate of drug-likeness (QED) is 0.925. The summed E-state index contributed by atoms with van der Waals surface area (Å²) in [5.41, 5.74) is 1.11. The molecule has 1 aromatic heterocycles. The summed E-state index contributed by atoms with van der Waals surface area (Å²) in [6, 6.07) is 2.02. The topological polar surface area (TPSA) is 45.2 Å². The number of nitrogens with one attached hydrogen (secondary N) is 1. The number of carbonyl (C=O) groups excluding carboxylic acids is 1. The predicted octanol–water partition coefficient (Wildman–Crippen LogP) is 2.97. The maximum atomic E-state index is 12.0. The monoisotopic (exact) mass is 325 g/mol. The van der Waals surface area contributed by atoms with Crippen molar-refractivity contribution >= 4 is 27.7 Å². The Morgan fingerprint density at radius 2 is 2.16 bits per heavy atom. The molecule has 1 aromatic rings. The molecule has 0 radical (unpaired) electrons. The second kappa shape index (κ2) is 6.89. The molecular weight excluding hydrogens is 306 g/mol. The average Bonchev–Trinajstić information content (AvgIpc) is 2.42. The van der Waals surface area contributed by atoms with E-state index in [1.165, 1.54) is 6.42 Å². The molecule has 1 aliphatic rings. The van der Waals surface area contributed by atoms with Gasteiger partial charge in [0.05, 0.1) is 4.47 Å². The normalized spacial score (nSPS) is 15.4. The zero-order chi connectivity index (χ0) is 13.7. The Labute approximate surface area is 122 Å². The highest BCUT2D eigenvalue weighted by atomic mass is 79.9. The molecule has 1 fully saturated rings. The number of piperidine rings is 1. The van der Waals surface area contributed by atoms with Crippen molar-refractivity contribution in [3.8, 4) is 0 Å². The molecule has 1 N–H and O–H groups in total. The number of hydrogen-bond donors (Lipinski definition) is 1. The second-order valence-electron chi connectivity index (χ2n) is 4.96. The standard InChI is InChI=1S/C14H20BrN3O/c1-11-9-12(15)14(17-10-11)16-6-5-13(19)18-7-3-2-4-8-18/h9-10H,2-8H2,1H3,(H,16,17). The summed E-state index contributed by atoms with van der Waals surface area (Å²) in [4.78, 5) is 18.3. The molecule has 1 aliphatic heterocycles. The smallest absolute Gasteiger partial charge is 0.224 e. The SMILES string of the molecule is Cc1cnc(NCCC(=O)N2CCCCC2)c(Br)c1. The molecule has 2 heterocycles. The first kappa shape index (κ1) is 14.3. The third-order valence-electron chi connectivity index (χ3n) is 3.32. The molecule has 0 unspecified atom stereocenters. The highest BCUT2D eigenvalue weighted by Gasteiger charge is 2.15. The molecule has 1 amide bonds. The van der Waals surface area contributed by atoms with Gasteiger partial charge in [0.15, 0.2) is 0 Å². The molecule has 2 rings (SSSR count). The summed E-state index contributed by atoms with van der Waals surface area (Å²) in [6.45, 7) is 4.47. The second-order valence-corrected chi connectivity index (χ2v) is 5.82. The van der Waals surface area contributed by atoms with Gasteiger partial charge in [0.2, 0.25) is 5.91 Å². The predicted molar refractivity (Wildman–Crippen MR) is 80.2 cm³/mol. The maximum Gasteiger partial charge on any atom is 0.224 e. The highest BCUT2D eigenvalue weighted by molar-refractivity contribution is 9.10. The van der Waals surface area contributed by atoms with E-state index in [9.17, 15) is 4.79 Å². The van der Waals surface area contributed by atoms with Crippen LogP contribution in [0.5, 0.6) is 0 Å². The first-order valence-corrected chi connectivity index (χ1v) is 7.60. The van der Waals surface area contributed by atoms with Gasteiger partial charge in [-0.05, 0) is 53.7 Å². The van der Waals surface area contributed by atoms with E-state index in [1.54, 1.807) is 0 Å². The third-order valence-corrected chi connectivity index (χ3v) is 3.92. The maximum absolute atomic E-state index is 12.0. The highest BCUT2D eigenvalue weighted by Crippen LogP contribution is 2.20. The molecule has 0 aliphatic carbocycles. The Kier molecular flexibility index (Phi) is 5.19. The number of halogens is 1. The van der Waals surface area contributed by atoms with Crippen LogP contribution in [0.1, 0.15) is 31.2 Å². The number of likely N-dealkylation sites (tertiary alicyclic amines) is 1. The van der Waals surface area contributed by atoms with Crippen molar-refractivity contribution in [2.45, 2.75) is 32.6 Å². The molecule has 0 aromatic carbocycles. The third kappa shape index (κ3) is 4.20. The van der Waals surface area contributed by atoms with E-state index in [-0.39, 0.29) is 5.91 Å². The van der Waals surface area contributed by atoms with Gasteiger partial charge >= 0.3 is 0 Å². The van der Waals surface area contributed by atoms with Gasteiger partial charge in [0, 0.05) is 32.3 Å². The minimum Gasteiger partial charge on any atom is -0.369 e. The van der Waals surface area contributed by atoms with Crippen LogP contribution in [0.25, 0.3) is 0 Å². The van der Waals surface area contributed by atoms with Gasteiger partial charge in [-0.15, -0.1) is 0 Å². The summed E-state index contributed by atoms with van der Waals surface area (Å²) < 4.78 is 0.943. The minimum absolute atomic E-state index is 0.246. The first-order chi connectivity index (χ1) is 9.16. The van der Waals surface area contributed by atoms with Gasteiger partial charge in [0.25, 0.3) is 0 Å². The van der Waals surface area contributed by atoms with Gasteiger partial charge in [-0.1, -0.05) is 0 Å². The Morgan fingerprint density at radius 1 is 1.42 bits per heavy atom. The van der Waals surface area contributed by atoms with Gasteiger partial charge in [-0.25, -0.2) is 4.98 Å². The van der Waals surface area contributed by atoms with Crippen LogP contribution in [0.15, 0.2) is 16.7 Å². The number of rotatable bonds is 4. The van der Waals surface area contributed by atoms with Crippen LogP contribution in [0.3, 0.4) is 0 Å². The van der Waals surface area contributed by atoms with E-state index >= 15 is 0 Å². The lowest BCUT2D eigenvalue weighted by atomic mass is 10.1. The molecule has 4 nitrogen and oxygen atoms in total. The number of aromatic nitrogens is 1. The Hall–Kier alpha value is -1.10. The molecule has 0 bridgehead atoms. The zero-order valence-corrected chi connectivity index (χ0v) is 12.9. The van der Waals surface area contributed by atoms with Crippen molar-refractivity contribution in [3.05, 3.63) is 22.3 Å². The van der Waals surface area contributed by atoms with Gasteiger partial charge in [-0.2, -0.15) is 0 Å². The minimum atomic E-state index is 0.246. The fourth-order valence-electron chi connectivity index (χ4n) is 2.25. The molecule has 0 spiro atoms. The van der Waals surface area contributed by atoms with Crippen LogP contribution in [0.2, 0.25) is 0 Å². The van der Waals surface area contributed by atoms with Crippen molar-refractivity contribution in [2.75, 3.05) is 25.0 Å². The Bertz CT molecular complexity index is 444. The fourth-order valence-corrected chi connectivity index (χ4v) is 2.86. The summed E-state index contributed by atoms with van der Waals surface area (Å²) in [6.07, 6.45) is 5.89. The van der Waals surface area contributed by atoms with Gasteiger partial charge < -0.3 is 10.2 Å². The molecule has 1 saturated heterocycles. The summed E-state index contributed by atoms with van der Waals surface area (Å²) >= 11 is 3.47. The van der Waals surface area contributed by atoms with E-state index in [4.69, 9.17) is 0 Å². The number of hydrogen-bond acceptors (Lipinski definition) is 3. The number of carbonyl (C=O) groups is 1. The van der Waals surface area contributed by atoms with Crippen LogP contribution in [0.4, 0.5) is 5.82 Å². The van der Waals surface area contributed by atoms with Crippen molar-refractivity contribution in [1.29, 1.82) is 0 Å². The van der Waals surface area contributed by atoms with Crippen molar-refractivity contribution in [3.63, 3.8) is 0 Å². The molecule has 0 atom stereocenters. The molecular formula is C14H20BrN3O. The molecule has 19 heavy (non-hydrogen) atoms. The average molecular weight is 326 g/mol. The van der Waals surface area contributed by atoms with Crippen LogP contribution >= 0.6 is 15.9 Å². The first-order valence-electron chi connectivity index (χ1n) is 6.80. The molecule has 0 saturated carbocycles. The number of aryl methyl sites for hydroxylation is 1. The lowest BCUT2D eigenvalue weighted by Gasteiger charge is -2.26. The summed E-state index contributed by atoms with van der Waals surface area (Å²) in [5.74, 6) is 1.05. The van der Waals surface area contributed by atoms with E-state index in [0.717, 1.165) is 41.8 Å². The van der Waals surface area contributed by atoms with Gasteiger partial charge in [0.1, 0.15) is 5.82 Å². The van der Waals surface area contributed by atoms with Crippen molar-refractivity contribution in [1.82, 2.24) is 9.88 Å². The molecule has 5 heteroatoms. The van der Waals surface area contributed by atoms with E-state index in [0.29, 0.717) is 13.0 Å². The summed E-state index contributed by atoms with van der Waals surface area (Å²) in [5, 5.41) is 3.20. The zero-order valence-electron chi connectivity index (χ0n) is 11.3. The molecule has 104 valence electrons. The van der Waals surface area contributed by atoms with Crippen molar-refractivity contribution < 1.29 is 4.79 Å². The lowest BCUT2D eigenvalue weighted by Crippen LogP contribution is -2.36.